The van der Waals surface area contributed by atoms with Crippen LogP contribution in [0.5, 0.6) is 11.5 Å². The van der Waals surface area contributed by atoms with Crippen LogP contribution in [-0.4, -0.2) is 39.8 Å². The molecule has 4 rings (SSSR count). The van der Waals surface area contributed by atoms with E-state index in [-0.39, 0.29) is 12.5 Å². The maximum atomic E-state index is 13.2. The number of hydrogen-bond acceptors (Lipinski definition) is 5. The summed E-state index contributed by atoms with van der Waals surface area (Å²) in [7, 11) is -0.864. The lowest BCUT2D eigenvalue weighted by atomic mass is 10.2. The summed E-state index contributed by atoms with van der Waals surface area (Å²) in [4.78, 5) is 13.0. The van der Waals surface area contributed by atoms with E-state index in [4.69, 9.17) is 21.1 Å². The number of halogens is 1. The number of benzene rings is 2. The molecule has 1 N–H and O–H groups in total. The van der Waals surface area contributed by atoms with E-state index in [1.165, 1.54) is 18.5 Å². The van der Waals surface area contributed by atoms with E-state index in [2.05, 4.69) is 5.32 Å². The second-order valence-electron chi connectivity index (χ2n) is 6.82. The van der Waals surface area contributed by atoms with Crippen molar-refractivity contribution in [2.24, 2.45) is 5.92 Å². The van der Waals surface area contributed by atoms with Crippen LogP contribution in [0, 0.1) is 5.92 Å². The number of fused-ring (bicyclic) bond motifs is 1. The van der Waals surface area contributed by atoms with E-state index in [9.17, 15) is 13.2 Å². The molecule has 0 unspecified atom stereocenters. The Balaban J connectivity index is 1.61. The molecule has 1 amide bonds. The molecule has 2 atom stereocenters. The number of nitrogens with one attached hydrogen (secondary N) is 1. The molecule has 1 aliphatic carbocycles. The lowest BCUT2D eigenvalue weighted by Gasteiger charge is -2.23. The molecule has 0 bridgehead atoms. The van der Waals surface area contributed by atoms with Crippen LogP contribution in [0.3, 0.4) is 0 Å². The Labute approximate surface area is 168 Å². The van der Waals surface area contributed by atoms with Crippen LogP contribution < -0.4 is 19.1 Å². The highest BCUT2D eigenvalue weighted by atomic mass is 35.5. The van der Waals surface area contributed by atoms with Gasteiger partial charge in [0.1, 0.15) is 11.5 Å². The smallest absolute Gasteiger partial charge is 0.250 e. The minimum Gasteiger partial charge on any atom is -0.497 e. The summed E-state index contributed by atoms with van der Waals surface area (Å²) in [6.45, 7) is 0.275. The third-order valence-electron chi connectivity index (χ3n) is 5.34. The van der Waals surface area contributed by atoms with Crippen molar-refractivity contribution in [2.45, 2.75) is 11.2 Å². The van der Waals surface area contributed by atoms with Crippen molar-refractivity contribution in [1.29, 1.82) is 0 Å². The molecule has 0 aromatic heterocycles. The van der Waals surface area contributed by atoms with Gasteiger partial charge in [0.05, 0.1) is 25.6 Å². The highest BCUT2D eigenvalue weighted by Gasteiger charge is 2.75. The van der Waals surface area contributed by atoms with Gasteiger partial charge in [0.2, 0.25) is 15.9 Å². The Morgan fingerprint density at radius 1 is 1.18 bits per heavy atom. The van der Waals surface area contributed by atoms with E-state index in [0.717, 1.165) is 0 Å². The summed E-state index contributed by atoms with van der Waals surface area (Å²) < 4.78 is 36.7. The van der Waals surface area contributed by atoms with Crippen molar-refractivity contribution < 1.29 is 22.7 Å². The van der Waals surface area contributed by atoms with E-state index in [1.807, 2.05) is 0 Å². The van der Waals surface area contributed by atoms with Crippen LogP contribution in [0.15, 0.2) is 42.5 Å². The number of carbonyl (C=O) groups is 1. The fourth-order valence-electron chi connectivity index (χ4n) is 3.71. The summed E-state index contributed by atoms with van der Waals surface area (Å²) in [5.74, 6) is 0.167. The first-order valence-corrected chi connectivity index (χ1v) is 10.5. The van der Waals surface area contributed by atoms with Crippen LogP contribution in [0.4, 0.5) is 11.4 Å². The summed E-state index contributed by atoms with van der Waals surface area (Å²) in [6, 6.07) is 11.5. The number of nitrogens with zero attached hydrogens (tertiary/aromatic N) is 1. The summed E-state index contributed by atoms with van der Waals surface area (Å²) >= 11 is 5.89. The van der Waals surface area contributed by atoms with Crippen LogP contribution in [-0.2, 0) is 14.8 Å². The fourth-order valence-corrected chi connectivity index (χ4v) is 6.19. The molecule has 1 heterocycles. The van der Waals surface area contributed by atoms with Gasteiger partial charge in [-0.2, -0.15) is 0 Å². The topological polar surface area (TPSA) is 84.9 Å². The normalized spacial score (nSPS) is 24.4. The standard InChI is InChI=1S/C19H19ClN2O5S/c1-26-15-7-8-16(17(9-15)27-2)21-18(23)19-10-12(19)11-22(28(19,24)25)14-5-3-13(20)4-6-14/h3-9,12H,10-11H2,1-2H3,(H,21,23)/t12-,19-/m1/s1. The van der Waals surface area contributed by atoms with Gasteiger partial charge in [-0.25, -0.2) is 8.42 Å². The molecule has 1 saturated carbocycles. The molecular formula is C19H19ClN2O5S. The second-order valence-corrected chi connectivity index (χ2v) is 9.38. The SMILES string of the molecule is COc1ccc(NC(=O)[C@@]23C[C@@H]2CN(c2ccc(Cl)cc2)S3(=O)=O)c(OC)c1. The van der Waals surface area contributed by atoms with E-state index >= 15 is 0 Å². The monoisotopic (exact) mass is 422 g/mol. The lowest BCUT2D eigenvalue weighted by Crippen LogP contribution is -2.42. The van der Waals surface area contributed by atoms with E-state index < -0.39 is 20.7 Å². The quantitative estimate of drug-likeness (QED) is 0.800. The Hall–Kier alpha value is -2.45. The molecule has 1 aliphatic heterocycles. The first-order valence-electron chi connectivity index (χ1n) is 8.65. The minimum atomic E-state index is -3.86. The summed E-state index contributed by atoms with van der Waals surface area (Å²) in [5, 5.41) is 3.25. The van der Waals surface area contributed by atoms with Gasteiger partial charge in [0.15, 0.2) is 4.75 Å². The predicted molar refractivity (Wildman–Crippen MR) is 107 cm³/mol. The number of sulfonamides is 1. The Kier molecular flexibility index (Phi) is 4.43. The zero-order valence-corrected chi connectivity index (χ0v) is 16.9. The fraction of sp³-hybridized carbons (Fsp3) is 0.316. The van der Waals surface area contributed by atoms with Crippen LogP contribution in [0.1, 0.15) is 6.42 Å². The molecular weight excluding hydrogens is 404 g/mol. The molecule has 2 aliphatic rings. The minimum absolute atomic E-state index is 0.252. The first-order chi connectivity index (χ1) is 13.3. The van der Waals surface area contributed by atoms with Gasteiger partial charge >= 0.3 is 0 Å². The number of amides is 1. The van der Waals surface area contributed by atoms with Gasteiger partial charge in [-0.1, -0.05) is 11.6 Å². The first kappa shape index (κ1) is 18.9. The molecule has 0 spiro atoms. The van der Waals surface area contributed by atoms with Crippen LogP contribution in [0.2, 0.25) is 5.02 Å². The number of ether oxygens (including phenoxy) is 2. The molecule has 1 saturated heterocycles. The van der Waals surface area contributed by atoms with Gasteiger partial charge in [0, 0.05) is 23.6 Å². The maximum absolute atomic E-state index is 13.2. The molecule has 2 aromatic rings. The highest BCUT2D eigenvalue weighted by molar-refractivity contribution is 7.95. The summed E-state index contributed by atoms with van der Waals surface area (Å²) in [5.41, 5.74) is 0.902. The third-order valence-corrected chi connectivity index (χ3v) is 8.14. The van der Waals surface area contributed by atoms with E-state index in [0.29, 0.717) is 34.3 Å². The van der Waals surface area contributed by atoms with Gasteiger partial charge < -0.3 is 14.8 Å². The van der Waals surface area contributed by atoms with Crippen LogP contribution >= 0.6 is 11.6 Å². The third kappa shape index (κ3) is 2.70. The number of hydrogen-bond donors (Lipinski definition) is 1. The number of rotatable bonds is 5. The lowest BCUT2D eigenvalue weighted by molar-refractivity contribution is -0.116. The molecule has 148 valence electrons. The average molecular weight is 423 g/mol. The number of carbonyl (C=O) groups excluding carboxylic acids is 1. The molecule has 2 aromatic carbocycles. The molecule has 0 radical (unpaired) electrons. The number of methoxy groups -OCH3 is 2. The Morgan fingerprint density at radius 3 is 2.54 bits per heavy atom. The largest absolute Gasteiger partial charge is 0.497 e. The van der Waals surface area contributed by atoms with Gasteiger partial charge in [0.25, 0.3) is 0 Å². The number of anilines is 2. The predicted octanol–water partition coefficient (Wildman–Crippen LogP) is 2.90. The van der Waals surface area contributed by atoms with Crippen molar-refractivity contribution in [1.82, 2.24) is 0 Å². The Bertz CT molecular complexity index is 1040. The zero-order chi connectivity index (χ0) is 20.1. The van der Waals surface area contributed by atoms with E-state index in [1.54, 1.807) is 42.5 Å². The van der Waals surface area contributed by atoms with Gasteiger partial charge in [-0.05, 0) is 42.8 Å². The highest BCUT2D eigenvalue weighted by Crippen LogP contribution is 2.58. The van der Waals surface area contributed by atoms with Crippen molar-refractivity contribution in [3.63, 3.8) is 0 Å². The van der Waals surface area contributed by atoms with Crippen molar-refractivity contribution in [3.8, 4) is 11.5 Å². The van der Waals surface area contributed by atoms with Crippen molar-refractivity contribution >= 4 is 38.9 Å². The van der Waals surface area contributed by atoms with Gasteiger partial charge in [-0.3, -0.25) is 9.10 Å². The second kappa shape index (κ2) is 6.56. The zero-order valence-electron chi connectivity index (χ0n) is 15.3. The maximum Gasteiger partial charge on any atom is 0.250 e. The molecule has 9 heteroatoms. The molecule has 7 nitrogen and oxygen atoms in total. The summed E-state index contributed by atoms with van der Waals surface area (Å²) in [6.07, 6.45) is 0.309. The van der Waals surface area contributed by atoms with Crippen LogP contribution in [0.25, 0.3) is 0 Å². The van der Waals surface area contributed by atoms with Crippen molar-refractivity contribution in [2.75, 3.05) is 30.4 Å². The average Bonchev–Trinajstić information content (AvgIpc) is 3.38. The molecule has 28 heavy (non-hydrogen) atoms. The van der Waals surface area contributed by atoms with Gasteiger partial charge in [-0.15, -0.1) is 0 Å². The Morgan fingerprint density at radius 2 is 1.89 bits per heavy atom. The molecule has 2 fully saturated rings. The van der Waals surface area contributed by atoms with Crippen molar-refractivity contribution in [3.05, 3.63) is 47.5 Å².